The second kappa shape index (κ2) is 4.28. The third kappa shape index (κ3) is 1.96. The van der Waals surface area contributed by atoms with Crippen LogP contribution in [-0.2, 0) is 4.79 Å². The molecule has 0 radical (unpaired) electrons. The Labute approximate surface area is 85.1 Å². The van der Waals surface area contributed by atoms with Gasteiger partial charge in [0.15, 0.2) is 24.0 Å². The van der Waals surface area contributed by atoms with Crippen molar-refractivity contribution in [2.45, 2.75) is 6.17 Å². The Balaban J connectivity index is 3.23. The Hall–Kier alpha value is -1.29. The quantitative estimate of drug-likeness (QED) is 0.792. The van der Waals surface area contributed by atoms with E-state index in [0.29, 0.717) is 0 Å². The summed E-state index contributed by atoms with van der Waals surface area (Å²) >= 11 is 5.62. The monoisotopic (exact) mass is 218 g/mol. The highest BCUT2D eigenvalue weighted by Crippen LogP contribution is 2.35. The summed E-state index contributed by atoms with van der Waals surface area (Å²) in [7, 11) is 1.32. The molecule has 0 fully saturated rings. The summed E-state index contributed by atoms with van der Waals surface area (Å²) in [5, 5.41) is 9.24. The van der Waals surface area contributed by atoms with E-state index in [1.165, 1.54) is 13.2 Å². The van der Waals surface area contributed by atoms with Crippen molar-refractivity contribution in [2.24, 2.45) is 0 Å². The Morgan fingerprint density at radius 1 is 1.64 bits per heavy atom. The molecular formula is C9H8ClFO3. The van der Waals surface area contributed by atoms with Crippen LogP contribution in [0, 0.1) is 0 Å². The van der Waals surface area contributed by atoms with Gasteiger partial charge in [0.05, 0.1) is 12.1 Å². The molecule has 1 aromatic carbocycles. The van der Waals surface area contributed by atoms with Gasteiger partial charge in [0.1, 0.15) is 0 Å². The summed E-state index contributed by atoms with van der Waals surface area (Å²) in [6.07, 6.45) is -1.69. The van der Waals surface area contributed by atoms with Crippen LogP contribution in [0.15, 0.2) is 12.1 Å². The number of carbonyl (C=O) groups is 1. The molecule has 0 aromatic heterocycles. The predicted octanol–water partition coefficient (Wildman–Crippen LogP) is 2.26. The predicted molar refractivity (Wildman–Crippen MR) is 49.6 cm³/mol. The number of aldehydes is 1. The lowest BCUT2D eigenvalue weighted by Crippen LogP contribution is -1.95. The van der Waals surface area contributed by atoms with Gasteiger partial charge in [-0.3, -0.25) is 4.79 Å². The van der Waals surface area contributed by atoms with Crippen LogP contribution in [-0.4, -0.2) is 18.5 Å². The van der Waals surface area contributed by atoms with Gasteiger partial charge in [0.2, 0.25) is 0 Å². The van der Waals surface area contributed by atoms with E-state index in [1.807, 2.05) is 0 Å². The van der Waals surface area contributed by atoms with Gasteiger partial charge < -0.3 is 9.84 Å². The lowest BCUT2D eigenvalue weighted by molar-refractivity contribution is -0.112. The second-order valence-corrected chi connectivity index (χ2v) is 2.99. The normalized spacial score (nSPS) is 12.2. The third-order valence-electron chi connectivity index (χ3n) is 1.71. The second-order valence-electron chi connectivity index (χ2n) is 2.58. The van der Waals surface area contributed by atoms with Crippen molar-refractivity contribution in [1.82, 2.24) is 0 Å². The number of carbonyl (C=O) groups excluding carboxylic acids is 1. The first kappa shape index (κ1) is 10.8. The zero-order chi connectivity index (χ0) is 10.7. The van der Waals surface area contributed by atoms with Gasteiger partial charge in [-0.15, -0.1) is 0 Å². The van der Waals surface area contributed by atoms with Crippen LogP contribution in [0.2, 0.25) is 5.02 Å². The number of halogens is 2. The molecule has 0 heterocycles. The number of hydrogen-bond donors (Lipinski definition) is 1. The van der Waals surface area contributed by atoms with Crippen LogP contribution in [0.3, 0.4) is 0 Å². The van der Waals surface area contributed by atoms with E-state index in [4.69, 9.17) is 16.3 Å². The van der Waals surface area contributed by atoms with Gasteiger partial charge in [-0.05, 0) is 6.07 Å². The Bertz CT molecular complexity index is 354. The first-order valence-electron chi connectivity index (χ1n) is 3.76. The summed E-state index contributed by atoms with van der Waals surface area (Å²) in [5.41, 5.74) is -0.0173. The van der Waals surface area contributed by atoms with E-state index >= 15 is 0 Å². The fourth-order valence-electron chi connectivity index (χ4n) is 1.01. The molecule has 1 unspecified atom stereocenters. The highest BCUT2D eigenvalue weighted by atomic mass is 35.5. The number of phenolic OH excluding ortho intramolecular Hbond substituents is 1. The summed E-state index contributed by atoms with van der Waals surface area (Å²) < 4.78 is 17.7. The zero-order valence-electron chi connectivity index (χ0n) is 7.33. The van der Waals surface area contributed by atoms with Crippen molar-refractivity contribution < 1.29 is 19.0 Å². The minimum absolute atomic E-state index is 0.0112. The summed E-state index contributed by atoms with van der Waals surface area (Å²) in [5.74, 6) is -0.117. The summed E-state index contributed by atoms with van der Waals surface area (Å²) in [6.45, 7) is 0. The molecule has 0 amide bonds. The Kier molecular flexibility index (Phi) is 3.30. The van der Waals surface area contributed by atoms with Crippen LogP contribution in [0.25, 0.3) is 0 Å². The van der Waals surface area contributed by atoms with Crippen molar-refractivity contribution in [3.8, 4) is 11.5 Å². The fraction of sp³-hybridized carbons (Fsp3) is 0.222. The van der Waals surface area contributed by atoms with Crippen molar-refractivity contribution >= 4 is 17.9 Å². The molecule has 14 heavy (non-hydrogen) atoms. The Morgan fingerprint density at radius 3 is 2.79 bits per heavy atom. The molecule has 76 valence electrons. The van der Waals surface area contributed by atoms with Gasteiger partial charge in [-0.25, -0.2) is 4.39 Å². The molecule has 1 atom stereocenters. The molecule has 0 saturated carbocycles. The van der Waals surface area contributed by atoms with E-state index in [9.17, 15) is 14.3 Å². The highest BCUT2D eigenvalue weighted by molar-refractivity contribution is 6.31. The zero-order valence-corrected chi connectivity index (χ0v) is 8.08. The summed E-state index contributed by atoms with van der Waals surface area (Å²) in [6, 6.07) is 2.32. The summed E-state index contributed by atoms with van der Waals surface area (Å²) in [4.78, 5) is 10.2. The lowest BCUT2D eigenvalue weighted by atomic mass is 10.1. The largest absolute Gasteiger partial charge is 0.504 e. The number of methoxy groups -OCH3 is 1. The van der Waals surface area contributed by atoms with Crippen molar-refractivity contribution in [1.29, 1.82) is 0 Å². The van der Waals surface area contributed by atoms with Crippen molar-refractivity contribution in [2.75, 3.05) is 7.11 Å². The SMILES string of the molecule is COc1cc(C(F)C=O)c(Cl)cc1O. The molecule has 0 saturated heterocycles. The first-order chi connectivity index (χ1) is 6.60. The number of hydrogen-bond acceptors (Lipinski definition) is 3. The lowest BCUT2D eigenvalue weighted by Gasteiger charge is -2.08. The molecule has 0 spiro atoms. The Morgan fingerprint density at radius 2 is 2.29 bits per heavy atom. The standard InChI is InChI=1S/C9H8ClFO3/c1-14-9-2-5(7(11)4-12)6(10)3-8(9)13/h2-4,7,13H,1H3. The van der Waals surface area contributed by atoms with E-state index in [1.54, 1.807) is 0 Å². The van der Waals surface area contributed by atoms with E-state index in [-0.39, 0.29) is 28.4 Å². The molecular weight excluding hydrogens is 211 g/mol. The molecule has 3 nitrogen and oxygen atoms in total. The minimum atomic E-state index is -1.81. The van der Waals surface area contributed by atoms with Crippen LogP contribution < -0.4 is 4.74 Å². The van der Waals surface area contributed by atoms with Crippen LogP contribution in [0.4, 0.5) is 4.39 Å². The number of rotatable bonds is 3. The van der Waals surface area contributed by atoms with Gasteiger partial charge >= 0.3 is 0 Å². The van der Waals surface area contributed by atoms with Crippen LogP contribution in [0.5, 0.6) is 11.5 Å². The molecule has 1 rings (SSSR count). The maximum atomic E-state index is 13.0. The van der Waals surface area contributed by atoms with E-state index in [2.05, 4.69) is 0 Å². The van der Waals surface area contributed by atoms with Gasteiger partial charge in [0, 0.05) is 11.6 Å². The number of alkyl halides is 1. The fourth-order valence-corrected chi connectivity index (χ4v) is 1.27. The van der Waals surface area contributed by atoms with E-state index < -0.39 is 6.17 Å². The van der Waals surface area contributed by atoms with Crippen molar-refractivity contribution in [3.63, 3.8) is 0 Å². The molecule has 0 aliphatic carbocycles. The molecule has 0 bridgehead atoms. The maximum Gasteiger partial charge on any atom is 0.182 e. The molecule has 1 aromatic rings. The third-order valence-corrected chi connectivity index (χ3v) is 2.04. The molecule has 5 heteroatoms. The highest BCUT2D eigenvalue weighted by Gasteiger charge is 2.16. The smallest absolute Gasteiger partial charge is 0.182 e. The maximum absolute atomic E-state index is 13.0. The topological polar surface area (TPSA) is 46.5 Å². The van der Waals surface area contributed by atoms with Gasteiger partial charge in [-0.1, -0.05) is 11.6 Å². The molecule has 0 aliphatic heterocycles. The minimum Gasteiger partial charge on any atom is -0.504 e. The van der Waals surface area contributed by atoms with Crippen molar-refractivity contribution in [3.05, 3.63) is 22.7 Å². The number of aromatic hydroxyl groups is 1. The number of benzene rings is 1. The van der Waals surface area contributed by atoms with Crippen LogP contribution in [0.1, 0.15) is 11.7 Å². The molecule has 1 N–H and O–H groups in total. The van der Waals surface area contributed by atoms with Gasteiger partial charge in [-0.2, -0.15) is 0 Å². The first-order valence-corrected chi connectivity index (χ1v) is 4.13. The van der Waals surface area contributed by atoms with E-state index in [0.717, 1.165) is 6.07 Å². The average Bonchev–Trinajstić information content (AvgIpc) is 2.17. The number of ether oxygens (including phenoxy) is 1. The average molecular weight is 219 g/mol. The number of phenols is 1. The van der Waals surface area contributed by atoms with Gasteiger partial charge in [0.25, 0.3) is 0 Å². The van der Waals surface area contributed by atoms with Crippen LogP contribution >= 0.6 is 11.6 Å². The molecule has 0 aliphatic rings.